The Labute approximate surface area is 232 Å². The zero-order valence-electron chi connectivity index (χ0n) is 24.0. The summed E-state index contributed by atoms with van der Waals surface area (Å²) < 4.78 is 15.0. The zero-order valence-corrected chi connectivity index (χ0v) is 24.0. The normalized spacial score (nSPS) is 13.5. The van der Waals surface area contributed by atoms with Crippen LogP contribution in [0.3, 0.4) is 0 Å². The van der Waals surface area contributed by atoms with Gasteiger partial charge in [-0.1, -0.05) is 58.0 Å². The molecule has 3 aromatic rings. The molecule has 3 rings (SSSR count). The highest BCUT2D eigenvalue weighted by Crippen LogP contribution is 2.24. The van der Waals surface area contributed by atoms with Gasteiger partial charge in [0.1, 0.15) is 11.6 Å². The van der Waals surface area contributed by atoms with Gasteiger partial charge in [0.05, 0.1) is 12.1 Å². The molecule has 1 N–H and O–H groups in total. The second kappa shape index (κ2) is 13.2. The van der Waals surface area contributed by atoms with Crippen LogP contribution in [0.2, 0.25) is 0 Å². The maximum absolute atomic E-state index is 15.0. The lowest BCUT2D eigenvalue weighted by Crippen LogP contribution is -2.18. The van der Waals surface area contributed by atoms with Crippen molar-refractivity contribution in [2.75, 3.05) is 11.9 Å². The average Bonchev–Trinajstić information content (AvgIpc) is 2.88. The van der Waals surface area contributed by atoms with Crippen molar-refractivity contribution < 1.29 is 9.18 Å². The summed E-state index contributed by atoms with van der Waals surface area (Å²) in [4.78, 5) is 26.2. The molecule has 0 radical (unpaired) electrons. The molecule has 1 amide bonds. The number of carbonyl (C=O) groups excluding carboxylic acids is 1. The minimum atomic E-state index is -0.396. The third-order valence-electron chi connectivity index (χ3n) is 6.40. The maximum atomic E-state index is 15.0. The lowest BCUT2D eigenvalue weighted by Gasteiger charge is -2.19. The predicted octanol–water partition coefficient (Wildman–Crippen LogP) is 7.63. The number of pyridine rings is 2. The van der Waals surface area contributed by atoms with Gasteiger partial charge >= 0.3 is 0 Å². The monoisotopic (exact) mass is 526 g/mol. The Hall–Kier alpha value is -3.93. The molecule has 0 bridgehead atoms. The number of amides is 1. The molecule has 6 heteroatoms. The third kappa shape index (κ3) is 8.81. The number of hydrogen-bond acceptors (Lipinski definition) is 4. The maximum Gasteiger partial charge on any atom is 0.230 e. The van der Waals surface area contributed by atoms with E-state index in [0.29, 0.717) is 17.9 Å². The van der Waals surface area contributed by atoms with Crippen molar-refractivity contribution >= 4 is 23.0 Å². The van der Waals surface area contributed by atoms with Gasteiger partial charge in [-0.25, -0.2) is 9.37 Å². The number of aryl methyl sites for hydroxylation is 1. The number of halogens is 1. The number of benzene rings is 1. The third-order valence-corrected chi connectivity index (χ3v) is 6.40. The number of rotatable bonds is 9. The molecule has 0 saturated carbocycles. The Morgan fingerprint density at radius 3 is 2.59 bits per heavy atom. The molecule has 5 nitrogen and oxygen atoms in total. The van der Waals surface area contributed by atoms with E-state index < -0.39 is 5.82 Å². The molecular weight excluding hydrogens is 487 g/mol. The van der Waals surface area contributed by atoms with Gasteiger partial charge in [-0.05, 0) is 79.3 Å². The van der Waals surface area contributed by atoms with Crippen molar-refractivity contribution in [3.8, 4) is 0 Å². The van der Waals surface area contributed by atoms with Crippen molar-refractivity contribution in [1.82, 2.24) is 9.97 Å². The van der Waals surface area contributed by atoms with E-state index in [-0.39, 0.29) is 23.7 Å². The molecule has 204 valence electrons. The fraction of sp³-hybridized carbons (Fsp3) is 0.333. The summed E-state index contributed by atoms with van der Waals surface area (Å²) in [6, 6.07) is 14.8. The first kappa shape index (κ1) is 29.6. The molecule has 2 aromatic heterocycles. The van der Waals surface area contributed by atoms with Crippen molar-refractivity contribution in [1.29, 1.82) is 0 Å². The van der Waals surface area contributed by atoms with Crippen LogP contribution in [0.1, 0.15) is 75.5 Å². The zero-order chi connectivity index (χ0) is 28.6. The van der Waals surface area contributed by atoms with Crippen molar-refractivity contribution in [3.05, 3.63) is 107 Å². The van der Waals surface area contributed by atoms with Gasteiger partial charge in [0, 0.05) is 35.6 Å². The second-order valence-corrected chi connectivity index (χ2v) is 10.9. The first-order valence-electron chi connectivity index (χ1n) is 13.3. The van der Waals surface area contributed by atoms with E-state index in [1.165, 1.54) is 6.07 Å². The van der Waals surface area contributed by atoms with E-state index in [2.05, 4.69) is 36.1 Å². The van der Waals surface area contributed by atoms with E-state index in [0.717, 1.165) is 33.8 Å². The summed E-state index contributed by atoms with van der Waals surface area (Å²) >= 11 is 0. The van der Waals surface area contributed by atoms with Gasteiger partial charge in [-0.2, -0.15) is 0 Å². The summed E-state index contributed by atoms with van der Waals surface area (Å²) in [7, 11) is 0. The lowest BCUT2D eigenvalue weighted by molar-refractivity contribution is -0.115. The number of nitrogens with one attached hydrogen (secondary N) is 1. The average molecular weight is 527 g/mol. The Morgan fingerprint density at radius 2 is 1.92 bits per heavy atom. The Balaban J connectivity index is 1.65. The molecule has 1 atom stereocenters. The Morgan fingerprint density at radius 1 is 1.15 bits per heavy atom. The van der Waals surface area contributed by atoms with E-state index >= 15 is 0 Å². The highest BCUT2D eigenvalue weighted by atomic mass is 19.1. The number of allylic oxidation sites excluding steroid dienone is 4. The van der Waals surface area contributed by atoms with Gasteiger partial charge < -0.3 is 5.32 Å². The molecule has 0 spiro atoms. The van der Waals surface area contributed by atoms with E-state index in [1.54, 1.807) is 12.3 Å². The first-order chi connectivity index (χ1) is 18.5. The van der Waals surface area contributed by atoms with Gasteiger partial charge in [-0.3, -0.25) is 14.8 Å². The van der Waals surface area contributed by atoms with Gasteiger partial charge in [-0.15, -0.1) is 0 Å². The van der Waals surface area contributed by atoms with Crippen LogP contribution in [-0.4, -0.2) is 28.1 Å². The summed E-state index contributed by atoms with van der Waals surface area (Å²) in [6.07, 6.45) is 7.63. The Kier molecular flexibility index (Phi) is 10.0. The molecule has 0 fully saturated rings. The smallest absolute Gasteiger partial charge is 0.230 e. The Bertz CT molecular complexity index is 1400. The SMILES string of the molecule is C/C=C\C(=C/C(C)=NCC(C)c1ccc(CC(=O)Nc2cc(C(C)(C)C)ccn2)c(F)c1)c1cccc(C)n1. The van der Waals surface area contributed by atoms with Gasteiger partial charge in [0.2, 0.25) is 5.91 Å². The van der Waals surface area contributed by atoms with Crippen LogP contribution in [-0.2, 0) is 16.6 Å². The minimum absolute atomic E-state index is 0.0114. The molecule has 1 aromatic carbocycles. The molecular formula is C33H39FN4O. The number of hydrogen-bond donors (Lipinski definition) is 1. The van der Waals surface area contributed by atoms with Crippen molar-refractivity contribution in [2.45, 2.75) is 66.2 Å². The largest absolute Gasteiger partial charge is 0.310 e. The first-order valence-corrected chi connectivity index (χ1v) is 13.3. The summed E-state index contributed by atoms with van der Waals surface area (Å²) in [5, 5.41) is 2.79. The van der Waals surface area contributed by atoms with Crippen LogP contribution in [0.25, 0.3) is 5.57 Å². The van der Waals surface area contributed by atoms with Crippen molar-refractivity contribution in [2.24, 2.45) is 4.99 Å². The molecule has 1 unspecified atom stereocenters. The number of aromatic nitrogens is 2. The van der Waals surface area contributed by atoms with Gasteiger partial charge in [0.15, 0.2) is 0 Å². The highest BCUT2D eigenvalue weighted by Gasteiger charge is 2.16. The number of carbonyl (C=O) groups is 1. The van der Waals surface area contributed by atoms with E-state index in [9.17, 15) is 9.18 Å². The molecule has 2 heterocycles. The van der Waals surface area contributed by atoms with Crippen LogP contribution in [0.4, 0.5) is 10.2 Å². The van der Waals surface area contributed by atoms with Crippen LogP contribution in [0, 0.1) is 12.7 Å². The fourth-order valence-electron chi connectivity index (χ4n) is 4.09. The van der Waals surface area contributed by atoms with E-state index in [1.807, 2.05) is 82.3 Å². The number of nitrogens with zero attached hydrogens (tertiary/aromatic N) is 3. The molecule has 0 aliphatic rings. The number of aliphatic imine (C=N–C) groups is 1. The fourth-order valence-corrected chi connectivity index (χ4v) is 4.09. The topological polar surface area (TPSA) is 67.2 Å². The van der Waals surface area contributed by atoms with Crippen LogP contribution in [0.5, 0.6) is 0 Å². The van der Waals surface area contributed by atoms with Crippen molar-refractivity contribution in [3.63, 3.8) is 0 Å². The predicted molar refractivity (Wildman–Crippen MR) is 160 cm³/mol. The second-order valence-electron chi connectivity index (χ2n) is 10.9. The molecule has 0 aliphatic heterocycles. The summed E-state index contributed by atoms with van der Waals surface area (Å²) in [5.74, 6) is -0.221. The number of anilines is 1. The van der Waals surface area contributed by atoms with Crippen LogP contribution >= 0.6 is 0 Å². The quantitative estimate of drug-likeness (QED) is 0.230. The lowest BCUT2D eigenvalue weighted by atomic mass is 9.88. The van der Waals surface area contributed by atoms with Crippen LogP contribution in [0.15, 0.2) is 77.9 Å². The highest BCUT2D eigenvalue weighted by molar-refractivity contribution is 6.00. The minimum Gasteiger partial charge on any atom is -0.310 e. The standard InChI is InChI=1S/C33H39FN4O/c1-8-10-27(30-12-9-11-23(3)37-30)17-24(4)36-21-22(2)25-13-14-26(29(34)18-25)19-32(39)38-31-20-28(15-16-35-31)33(5,6)7/h8-18,20,22H,19,21H2,1-7H3,(H,35,38,39)/b10-8-,27-17+,36-24?. The molecule has 0 saturated heterocycles. The summed E-state index contributed by atoms with van der Waals surface area (Å²) in [6.45, 7) is 14.7. The van der Waals surface area contributed by atoms with E-state index in [4.69, 9.17) is 4.99 Å². The van der Waals surface area contributed by atoms with Crippen LogP contribution < -0.4 is 5.32 Å². The summed E-state index contributed by atoms with van der Waals surface area (Å²) in [5.41, 5.74) is 5.91. The van der Waals surface area contributed by atoms with Gasteiger partial charge in [0.25, 0.3) is 0 Å². The molecule has 39 heavy (non-hydrogen) atoms. The molecule has 0 aliphatic carbocycles.